The molecule has 0 radical (unpaired) electrons. The number of aromatic amines is 1. The van der Waals surface area contributed by atoms with E-state index in [9.17, 15) is 9.59 Å². The smallest absolute Gasteiger partial charge is 0.407 e. The molecule has 0 saturated carbocycles. The minimum atomic E-state index is -0.601. The van der Waals surface area contributed by atoms with Crippen LogP contribution < -0.4 is 10.9 Å². The van der Waals surface area contributed by atoms with Crippen molar-refractivity contribution in [1.82, 2.24) is 20.4 Å². The average Bonchev–Trinajstić information content (AvgIpc) is 3.08. The van der Waals surface area contributed by atoms with Gasteiger partial charge in [-0.3, -0.25) is 4.79 Å². The van der Waals surface area contributed by atoms with Crippen molar-refractivity contribution < 1.29 is 14.1 Å². The minimum absolute atomic E-state index is 0.00532. The molecule has 2 N–H and O–H groups in total. The minimum Gasteiger partial charge on any atom is -0.445 e. The lowest BCUT2D eigenvalue weighted by Gasteiger charge is -2.05. The molecular formula is C16H14N4O4. The molecule has 1 amide bonds. The second kappa shape index (κ2) is 7.23. The number of hydrogen-bond acceptors (Lipinski definition) is 6. The van der Waals surface area contributed by atoms with Gasteiger partial charge >= 0.3 is 6.09 Å². The summed E-state index contributed by atoms with van der Waals surface area (Å²) in [6.45, 7) is 0.173. The molecule has 0 aliphatic rings. The van der Waals surface area contributed by atoms with Gasteiger partial charge in [-0.15, -0.1) is 0 Å². The third-order valence-electron chi connectivity index (χ3n) is 3.12. The van der Waals surface area contributed by atoms with Crippen molar-refractivity contribution in [3.63, 3.8) is 0 Å². The summed E-state index contributed by atoms with van der Waals surface area (Å²) in [5.41, 5.74) is 0.857. The Morgan fingerprint density at radius 1 is 1.21 bits per heavy atom. The van der Waals surface area contributed by atoms with Crippen molar-refractivity contribution in [1.29, 1.82) is 0 Å². The number of nitrogens with zero attached hydrogens (tertiary/aromatic N) is 2. The first-order chi connectivity index (χ1) is 11.7. The number of alkyl carbamates (subject to hydrolysis) is 1. The number of benzene rings is 1. The fraction of sp³-hybridized carbons (Fsp3) is 0.125. The normalized spacial score (nSPS) is 10.3. The van der Waals surface area contributed by atoms with Crippen LogP contribution in [0.5, 0.6) is 0 Å². The number of pyridine rings is 1. The number of amides is 1. The molecule has 2 aromatic heterocycles. The molecule has 0 bridgehead atoms. The van der Waals surface area contributed by atoms with E-state index in [1.165, 1.54) is 6.20 Å². The lowest BCUT2D eigenvalue weighted by Crippen LogP contribution is -2.23. The molecule has 122 valence electrons. The van der Waals surface area contributed by atoms with Crippen LogP contribution in [0.3, 0.4) is 0 Å². The fourth-order valence-corrected chi connectivity index (χ4v) is 1.96. The maximum atomic E-state index is 11.6. The van der Waals surface area contributed by atoms with E-state index in [-0.39, 0.29) is 30.4 Å². The van der Waals surface area contributed by atoms with E-state index in [2.05, 4.69) is 20.4 Å². The Labute approximate surface area is 136 Å². The summed E-state index contributed by atoms with van der Waals surface area (Å²) in [4.78, 5) is 29.9. The topological polar surface area (TPSA) is 110 Å². The number of ether oxygens (including phenoxy) is 1. The number of hydrogen-bond donors (Lipinski definition) is 2. The first kappa shape index (κ1) is 15.5. The summed E-state index contributed by atoms with van der Waals surface area (Å²) in [6.07, 6.45) is 0.910. The summed E-state index contributed by atoms with van der Waals surface area (Å²) in [5, 5.41) is 6.23. The van der Waals surface area contributed by atoms with E-state index >= 15 is 0 Å². The molecule has 0 unspecified atom stereocenters. The van der Waals surface area contributed by atoms with Crippen molar-refractivity contribution >= 4 is 6.09 Å². The molecule has 3 rings (SSSR count). The molecule has 0 saturated heterocycles. The summed E-state index contributed by atoms with van der Waals surface area (Å²) in [6, 6.07) is 12.6. The van der Waals surface area contributed by atoms with Gasteiger partial charge in [-0.25, -0.2) is 4.79 Å². The summed E-state index contributed by atoms with van der Waals surface area (Å²) < 4.78 is 10.1. The third kappa shape index (κ3) is 3.86. The number of rotatable bonds is 5. The number of carbonyl (C=O) groups is 1. The van der Waals surface area contributed by atoms with E-state index < -0.39 is 6.09 Å². The quantitative estimate of drug-likeness (QED) is 0.740. The summed E-state index contributed by atoms with van der Waals surface area (Å²) >= 11 is 0. The lowest BCUT2D eigenvalue weighted by molar-refractivity contribution is 0.138. The van der Waals surface area contributed by atoms with Crippen molar-refractivity contribution in [3.05, 3.63) is 70.5 Å². The second-order valence-corrected chi connectivity index (χ2v) is 4.84. The highest BCUT2D eigenvalue weighted by Gasteiger charge is 2.12. The van der Waals surface area contributed by atoms with Crippen LogP contribution >= 0.6 is 0 Å². The van der Waals surface area contributed by atoms with Gasteiger partial charge in [-0.05, 0) is 17.7 Å². The molecule has 3 aromatic rings. The molecule has 0 fully saturated rings. The van der Waals surface area contributed by atoms with Gasteiger partial charge in [0.25, 0.3) is 5.56 Å². The van der Waals surface area contributed by atoms with Gasteiger partial charge in [0.15, 0.2) is 0 Å². The van der Waals surface area contributed by atoms with Crippen LogP contribution in [0.15, 0.2) is 58.0 Å². The number of aromatic nitrogens is 3. The van der Waals surface area contributed by atoms with Crippen LogP contribution in [-0.2, 0) is 17.9 Å². The zero-order valence-electron chi connectivity index (χ0n) is 12.6. The number of carbonyl (C=O) groups excluding carboxylic acids is 1. The van der Waals surface area contributed by atoms with Gasteiger partial charge in [0.05, 0.1) is 5.56 Å². The first-order valence-electron chi connectivity index (χ1n) is 7.17. The van der Waals surface area contributed by atoms with E-state index in [1.807, 2.05) is 30.3 Å². The zero-order valence-corrected chi connectivity index (χ0v) is 12.6. The first-order valence-corrected chi connectivity index (χ1v) is 7.17. The molecule has 0 spiro atoms. The predicted molar refractivity (Wildman–Crippen MR) is 83.8 cm³/mol. The average molecular weight is 326 g/mol. The van der Waals surface area contributed by atoms with Gasteiger partial charge in [0, 0.05) is 6.20 Å². The Hall–Kier alpha value is -3.42. The van der Waals surface area contributed by atoms with Gasteiger partial charge in [-0.1, -0.05) is 35.5 Å². The van der Waals surface area contributed by atoms with Crippen LogP contribution in [0, 0.1) is 0 Å². The number of H-pyrrole nitrogens is 1. The SMILES string of the molecule is O=C(NCc1nc(-c2ccc[nH]c2=O)no1)OCc1ccccc1. The Kier molecular flexibility index (Phi) is 4.66. The fourth-order valence-electron chi connectivity index (χ4n) is 1.96. The Morgan fingerprint density at radius 2 is 2.04 bits per heavy atom. The molecule has 8 heteroatoms. The lowest BCUT2D eigenvalue weighted by atomic mass is 10.2. The molecule has 0 aliphatic heterocycles. The Bertz CT molecular complexity index is 873. The van der Waals surface area contributed by atoms with Crippen molar-refractivity contribution in [2.24, 2.45) is 0 Å². The van der Waals surface area contributed by atoms with E-state index in [0.717, 1.165) is 5.56 Å². The van der Waals surface area contributed by atoms with E-state index in [1.54, 1.807) is 12.1 Å². The zero-order chi connectivity index (χ0) is 16.8. The van der Waals surface area contributed by atoms with Crippen molar-refractivity contribution in [3.8, 4) is 11.4 Å². The molecule has 2 heterocycles. The molecule has 24 heavy (non-hydrogen) atoms. The van der Waals surface area contributed by atoms with E-state index in [0.29, 0.717) is 5.56 Å². The van der Waals surface area contributed by atoms with Crippen LogP contribution in [0.1, 0.15) is 11.5 Å². The highest BCUT2D eigenvalue weighted by Crippen LogP contribution is 2.10. The summed E-state index contributed by atoms with van der Waals surface area (Å²) in [5.74, 6) is 0.330. The highest BCUT2D eigenvalue weighted by atomic mass is 16.5. The van der Waals surface area contributed by atoms with Crippen molar-refractivity contribution in [2.45, 2.75) is 13.2 Å². The highest BCUT2D eigenvalue weighted by molar-refractivity contribution is 5.67. The van der Waals surface area contributed by atoms with Crippen molar-refractivity contribution in [2.75, 3.05) is 0 Å². The van der Waals surface area contributed by atoms with Gasteiger partial charge in [0.2, 0.25) is 11.7 Å². The summed E-state index contributed by atoms with van der Waals surface area (Å²) in [7, 11) is 0. The van der Waals surface area contributed by atoms with Gasteiger partial charge < -0.3 is 19.6 Å². The van der Waals surface area contributed by atoms with E-state index in [4.69, 9.17) is 9.26 Å². The van der Waals surface area contributed by atoms with Crippen LogP contribution in [0.4, 0.5) is 4.79 Å². The Balaban J connectivity index is 1.53. The number of nitrogens with one attached hydrogen (secondary N) is 2. The maximum Gasteiger partial charge on any atom is 0.407 e. The Morgan fingerprint density at radius 3 is 2.83 bits per heavy atom. The maximum absolute atomic E-state index is 11.6. The molecular weight excluding hydrogens is 312 g/mol. The van der Waals surface area contributed by atoms with Gasteiger partial charge in [-0.2, -0.15) is 4.98 Å². The second-order valence-electron chi connectivity index (χ2n) is 4.84. The molecule has 8 nitrogen and oxygen atoms in total. The van der Waals surface area contributed by atoms with Crippen LogP contribution in [0.2, 0.25) is 0 Å². The standard InChI is InChI=1S/C16H14N4O4/c21-15-12(7-4-8-17-15)14-19-13(24-20-14)9-18-16(22)23-10-11-5-2-1-3-6-11/h1-8H,9-10H2,(H,17,21)(H,18,22). The molecule has 0 atom stereocenters. The molecule has 1 aromatic carbocycles. The third-order valence-corrected chi connectivity index (χ3v) is 3.12. The largest absolute Gasteiger partial charge is 0.445 e. The van der Waals surface area contributed by atoms with Crippen LogP contribution in [0.25, 0.3) is 11.4 Å². The monoisotopic (exact) mass is 326 g/mol. The van der Waals surface area contributed by atoms with Crippen LogP contribution in [-0.4, -0.2) is 21.2 Å². The predicted octanol–water partition coefficient (Wildman–Crippen LogP) is 1.85. The molecule has 0 aliphatic carbocycles. The van der Waals surface area contributed by atoms with Gasteiger partial charge in [0.1, 0.15) is 13.2 Å².